The van der Waals surface area contributed by atoms with Gasteiger partial charge in [-0.15, -0.1) is 0 Å². The minimum absolute atomic E-state index is 0.103. The molecule has 4 rings (SSSR count). The van der Waals surface area contributed by atoms with Crippen LogP contribution in [0.5, 0.6) is 0 Å². The number of nitrogens with zero attached hydrogens (tertiary/aromatic N) is 3. The first kappa shape index (κ1) is 25.7. The average molecular weight is 466 g/mol. The summed E-state index contributed by atoms with van der Waals surface area (Å²) in [6, 6.07) is 8.80. The number of benzene rings is 1. The van der Waals surface area contributed by atoms with Gasteiger partial charge in [0.15, 0.2) is 0 Å². The first-order valence-corrected chi connectivity index (χ1v) is 11.9. The third-order valence-corrected chi connectivity index (χ3v) is 6.35. The van der Waals surface area contributed by atoms with Crippen LogP contribution in [-0.4, -0.2) is 56.7 Å². The average Bonchev–Trinajstić information content (AvgIpc) is 2.87. The lowest BCUT2D eigenvalue weighted by Crippen LogP contribution is -2.46. The Bertz CT molecular complexity index is 1070. The Balaban J connectivity index is 0.000000271. The molecule has 2 N–H and O–H groups in total. The number of aliphatic hydroxyl groups is 2. The topological polar surface area (TPSA) is 95.7 Å². The van der Waals surface area contributed by atoms with Crippen LogP contribution in [0, 0.1) is 0 Å². The number of hydrogen-bond donors (Lipinski definition) is 2. The highest BCUT2D eigenvalue weighted by Crippen LogP contribution is 2.24. The summed E-state index contributed by atoms with van der Waals surface area (Å²) in [5, 5.41) is 20.1. The van der Waals surface area contributed by atoms with Crippen molar-refractivity contribution in [3.05, 3.63) is 76.4 Å². The first-order valence-electron chi connectivity index (χ1n) is 11.9. The summed E-state index contributed by atoms with van der Waals surface area (Å²) >= 11 is 0. The molecule has 7 nitrogen and oxygen atoms in total. The summed E-state index contributed by atoms with van der Waals surface area (Å²) < 4.78 is 1.47. The van der Waals surface area contributed by atoms with Crippen LogP contribution >= 0.6 is 0 Å². The van der Waals surface area contributed by atoms with Gasteiger partial charge in [-0.1, -0.05) is 48.1 Å². The van der Waals surface area contributed by atoms with E-state index in [2.05, 4.69) is 28.1 Å². The minimum atomic E-state index is -0.859. The molecule has 0 spiro atoms. The number of carbonyl (C=O) groups excluding carboxylic acids is 1. The fourth-order valence-electron chi connectivity index (χ4n) is 4.19. The van der Waals surface area contributed by atoms with Crippen LogP contribution < -0.4 is 5.56 Å². The molecular formula is C27H35N3O4. The van der Waals surface area contributed by atoms with Crippen LogP contribution in [0.1, 0.15) is 44.1 Å². The summed E-state index contributed by atoms with van der Waals surface area (Å²) in [5.74, 6) is 0. The van der Waals surface area contributed by atoms with Gasteiger partial charge in [0.1, 0.15) is 6.29 Å². The van der Waals surface area contributed by atoms with Crippen molar-refractivity contribution < 1.29 is 15.0 Å². The van der Waals surface area contributed by atoms with Crippen molar-refractivity contribution in [2.24, 2.45) is 0 Å². The normalized spacial score (nSPS) is 17.4. The molecule has 2 aliphatic rings. The number of allylic oxidation sites excluding steroid dienone is 4. The van der Waals surface area contributed by atoms with Crippen molar-refractivity contribution in [1.29, 1.82) is 0 Å². The van der Waals surface area contributed by atoms with Gasteiger partial charge in [0, 0.05) is 31.1 Å². The van der Waals surface area contributed by atoms with Gasteiger partial charge >= 0.3 is 0 Å². The van der Waals surface area contributed by atoms with E-state index in [4.69, 9.17) is 0 Å². The van der Waals surface area contributed by atoms with E-state index in [0.29, 0.717) is 25.0 Å². The van der Waals surface area contributed by atoms with E-state index in [-0.39, 0.29) is 18.7 Å². The molecule has 182 valence electrons. The van der Waals surface area contributed by atoms with Gasteiger partial charge in [0.05, 0.1) is 30.8 Å². The Hall–Kier alpha value is -2.87. The van der Waals surface area contributed by atoms with E-state index in [9.17, 15) is 19.8 Å². The van der Waals surface area contributed by atoms with Crippen molar-refractivity contribution in [2.45, 2.75) is 57.3 Å². The summed E-state index contributed by atoms with van der Waals surface area (Å²) in [5.41, 5.74) is 2.29. The fraction of sp³-hybridized carbons (Fsp3) is 0.444. The zero-order valence-corrected chi connectivity index (χ0v) is 19.9. The van der Waals surface area contributed by atoms with Crippen LogP contribution in [0.4, 0.5) is 0 Å². The van der Waals surface area contributed by atoms with Crippen LogP contribution in [0.2, 0.25) is 0 Å². The fourth-order valence-corrected chi connectivity index (χ4v) is 4.19. The second-order valence-corrected chi connectivity index (χ2v) is 9.05. The maximum Gasteiger partial charge on any atom is 0.253 e. The molecule has 2 heterocycles. The third-order valence-electron chi connectivity index (χ3n) is 6.35. The molecule has 1 fully saturated rings. The van der Waals surface area contributed by atoms with Gasteiger partial charge in [0.2, 0.25) is 0 Å². The first-order chi connectivity index (χ1) is 16.4. The number of hydrogen-bond acceptors (Lipinski definition) is 6. The quantitative estimate of drug-likeness (QED) is 0.610. The van der Waals surface area contributed by atoms with Crippen molar-refractivity contribution >= 4 is 6.29 Å². The van der Waals surface area contributed by atoms with Crippen molar-refractivity contribution in [3.8, 4) is 11.3 Å². The van der Waals surface area contributed by atoms with Crippen LogP contribution in [0.25, 0.3) is 11.3 Å². The maximum atomic E-state index is 12.4. The van der Waals surface area contributed by atoms with Crippen molar-refractivity contribution in [1.82, 2.24) is 14.5 Å². The molecule has 1 saturated heterocycles. The predicted octanol–water partition coefficient (Wildman–Crippen LogP) is 3.10. The molecule has 1 aromatic heterocycles. The largest absolute Gasteiger partial charge is 0.392 e. The van der Waals surface area contributed by atoms with Gasteiger partial charge < -0.3 is 19.9 Å². The van der Waals surface area contributed by atoms with Crippen molar-refractivity contribution in [2.75, 3.05) is 20.1 Å². The number of likely N-dealkylation sites (tertiary alicyclic amines) is 1. The lowest BCUT2D eigenvalue weighted by atomic mass is 9.91. The molecule has 2 aromatic rings. The van der Waals surface area contributed by atoms with Gasteiger partial charge in [-0.05, 0) is 44.7 Å². The number of aromatic nitrogens is 2. The van der Waals surface area contributed by atoms with Gasteiger partial charge in [-0.2, -0.15) is 0 Å². The zero-order chi connectivity index (χ0) is 24.4. The highest BCUT2D eigenvalue weighted by atomic mass is 16.3. The minimum Gasteiger partial charge on any atom is -0.392 e. The number of aldehydes is 1. The standard InChI is InChI=1S/C18H23N3O3.C9H12O/c1-20-8-6-18(24,7-9-20)12-21-13-19-16(10-17(21)23)15-5-3-2-4-14(15)11-22;10-8-4-7-9-5-2-1-3-6-9/h2-5,10,13,22,24H,6-9,11-12H2,1H3;2,5-6,8H,1,3-4,7H2. The van der Waals surface area contributed by atoms with Crippen LogP contribution in [0.15, 0.2) is 65.3 Å². The third kappa shape index (κ3) is 7.32. The molecule has 1 aromatic carbocycles. The lowest BCUT2D eigenvalue weighted by Gasteiger charge is -2.36. The Labute approximate surface area is 201 Å². The Kier molecular flexibility index (Phi) is 9.51. The van der Waals surface area contributed by atoms with Crippen LogP contribution in [0.3, 0.4) is 0 Å². The highest BCUT2D eigenvalue weighted by molar-refractivity contribution is 5.62. The zero-order valence-electron chi connectivity index (χ0n) is 19.9. The predicted molar refractivity (Wildman–Crippen MR) is 133 cm³/mol. The molecule has 1 aliphatic heterocycles. The highest BCUT2D eigenvalue weighted by Gasteiger charge is 2.31. The van der Waals surface area contributed by atoms with E-state index in [0.717, 1.165) is 49.8 Å². The molecule has 1 aliphatic carbocycles. The molecule has 7 heteroatoms. The summed E-state index contributed by atoms with van der Waals surface area (Å²) in [4.78, 5) is 29.0. The molecule has 0 amide bonds. The molecular weight excluding hydrogens is 430 g/mol. The van der Waals surface area contributed by atoms with E-state index in [1.807, 2.05) is 31.3 Å². The van der Waals surface area contributed by atoms with Gasteiger partial charge in [0.25, 0.3) is 5.56 Å². The Morgan fingerprint density at radius 1 is 1.18 bits per heavy atom. The molecule has 0 saturated carbocycles. The lowest BCUT2D eigenvalue weighted by molar-refractivity contribution is -0.107. The molecule has 34 heavy (non-hydrogen) atoms. The van der Waals surface area contributed by atoms with Gasteiger partial charge in [-0.25, -0.2) is 4.98 Å². The summed E-state index contributed by atoms with van der Waals surface area (Å²) in [7, 11) is 2.03. The van der Waals surface area contributed by atoms with E-state index >= 15 is 0 Å². The second-order valence-electron chi connectivity index (χ2n) is 9.05. The summed E-state index contributed by atoms with van der Waals surface area (Å²) in [6.07, 6.45) is 14.1. The SMILES string of the molecule is CN1CCC(O)(Cn2cnc(-c3ccccc3CO)cc2=O)CC1.O=CCCC1=CCCC=C1. The van der Waals surface area contributed by atoms with Crippen molar-refractivity contribution in [3.63, 3.8) is 0 Å². The molecule has 0 bridgehead atoms. The van der Waals surface area contributed by atoms with E-state index < -0.39 is 5.60 Å². The number of carbonyl (C=O) groups is 1. The van der Waals surface area contributed by atoms with Crippen LogP contribution in [-0.2, 0) is 17.9 Å². The second kappa shape index (κ2) is 12.6. The number of rotatable bonds is 7. The maximum absolute atomic E-state index is 12.4. The monoisotopic (exact) mass is 465 g/mol. The summed E-state index contributed by atoms with van der Waals surface area (Å²) in [6.45, 7) is 1.80. The Morgan fingerprint density at radius 3 is 2.59 bits per heavy atom. The van der Waals surface area contributed by atoms with E-state index in [1.54, 1.807) is 0 Å². The number of piperidine rings is 1. The number of aliphatic hydroxyl groups excluding tert-OH is 1. The van der Waals surface area contributed by atoms with Gasteiger partial charge in [-0.3, -0.25) is 9.36 Å². The molecule has 0 radical (unpaired) electrons. The smallest absolute Gasteiger partial charge is 0.253 e. The molecule has 0 unspecified atom stereocenters. The Morgan fingerprint density at radius 2 is 1.94 bits per heavy atom. The molecule has 0 atom stereocenters. The van der Waals surface area contributed by atoms with E-state index in [1.165, 1.54) is 22.5 Å².